The summed E-state index contributed by atoms with van der Waals surface area (Å²) in [6.45, 7) is 2.94. The van der Waals surface area contributed by atoms with Gasteiger partial charge in [-0.25, -0.2) is 4.39 Å². The molecule has 2 heterocycles. The maximum atomic E-state index is 13.6. The van der Waals surface area contributed by atoms with E-state index in [0.717, 1.165) is 0 Å². The van der Waals surface area contributed by atoms with E-state index in [0.29, 0.717) is 37.1 Å². The summed E-state index contributed by atoms with van der Waals surface area (Å²) in [5.74, 6) is -0.678. The molecule has 0 aromatic heterocycles. The molecule has 0 unspecified atom stereocenters. The first-order valence-corrected chi connectivity index (χ1v) is 8.18. The van der Waals surface area contributed by atoms with Crippen LogP contribution in [0.25, 0.3) is 5.57 Å². The van der Waals surface area contributed by atoms with Crippen molar-refractivity contribution in [1.82, 2.24) is 10.4 Å². The van der Waals surface area contributed by atoms with Crippen LogP contribution in [-0.4, -0.2) is 41.8 Å². The van der Waals surface area contributed by atoms with Gasteiger partial charge in [-0.1, -0.05) is 0 Å². The van der Waals surface area contributed by atoms with Crippen LogP contribution < -0.4 is 5.32 Å². The number of rotatable bonds is 2. The Hall–Kier alpha value is -1.44. The Labute approximate surface area is 142 Å². The Morgan fingerprint density at radius 1 is 1.39 bits per heavy atom. The Balaban J connectivity index is 2.02. The number of piperidine rings is 1. The second kappa shape index (κ2) is 5.89. The number of carbonyl (C=O) groups excluding carboxylic acids is 1. The standard InChI is InChI=1S/C16H18BrFN2O3/c1-9-7-12(18)11(17)8-10(9)13-14(21)16(19-15(13)22)3-5-20(23-2)6-4-16/h7-8,21H,3-6H2,1-2H3,(H,19,22). The number of hydrogen-bond acceptors (Lipinski definition) is 4. The van der Waals surface area contributed by atoms with Crippen LogP contribution in [0.15, 0.2) is 22.4 Å². The molecule has 7 heteroatoms. The zero-order valence-corrected chi connectivity index (χ0v) is 14.5. The number of benzene rings is 1. The van der Waals surface area contributed by atoms with Gasteiger partial charge in [0.1, 0.15) is 17.1 Å². The molecule has 3 rings (SSSR count). The molecule has 23 heavy (non-hydrogen) atoms. The van der Waals surface area contributed by atoms with Gasteiger partial charge in [-0.15, -0.1) is 0 Å². The largest absolute Gasteiger partial charge is 0.509 e. The van der Waals surface area contributed by atoms with E-state index in [4.69, 9.17) is 4.84 Å². The summed E-state index contributed by atoms with van der Waals surface area (Å²) in [7, 11) is 1.60. The molecule has 2 aliphatic rings. The molecular formula is C16H18BrFN2O3. The summed E-state index contributed by atoms with van der Waals surface area (Å²) in [4.78, 5) is 17.7. The van der Waals surface area contributed by atoms with Crippen LogP contribution in [0.2, 0.25) is 0 Å². The fourth-order valence-electron chi connectivity index (χ4n) is 3.26. The van der Waals surface area contributed by atoms with E-state index in [1.807, 2.05) is 0 Å². The van der Waals surface area contributed by atoms with E-state index in [2.05, 4.69) is 21.2 Å². The average Bonchev–Trinajstić information content (AvgIpc) is 2.75. The van der Waals surface area contributed by atoms with Crippen molar-refractivity contribution < 1.29 is 19.1 Å². The topological polar surface area (TPSA) is 61.8 Å². The highest BCUT2D eigenvalue weighted by Crippen LogP contribution is 2.40. The summed E-state index contributed by atoms with van der Waals surface area (Å²) in [6.07, 6.45) is 1.12. The van der Waals surface area contributed by atoms with Gasteiger partial charge in [-0.05, 0) is 59.0 Å². The number of amides is 1. The van der Waals surface area contributed by atoms with E-state index in [-0.39, 0.29) is 21.7 Å². The number of aliphatic hydroxyl groups is 1. The van der Waals surface area contributed by atoms with Crippen molar-refractivity contribution >= 4 is 27.4 Å². The van der Waals surface area contributed by atoms with Crippen LogP contribution in [0.3, 0.4) is 0 Å². The number of halogens is 2. The van der Waals surface area contributed by atoms with Crippen LogP contribution in [-0.2, 0) is 9.63 Å². The summed E-state index contributed by atoms with van der Waals surface area (Å²) in [5.41, 5.74) is 0.622. The summed E-state index contributed by atoms with van der Waals surface area (Å²) < 4.78 is 13.9. The zero-order valence-electron chi connectivity index (χ0n) is 12.9. The molecule has 0 bridgehead atoms. The predicted molar refractivity (Wildman–Crippen MR) is 87.1 cm³/mol. The van der Waals surface area contributed by atoms with Gasteiger partial charge in [0.2, 0.25) is 0 Å². The van der Waals surface area contributed by atoms with Gasteiger partial charge in [0.05, 0.1) is 17.2 Å². The maximum absolute atomic E-state index is 13.6. The van der Waals surface area contributed by atoms with Gasteiger partial charge in [-0.3, -0.25) is 4.79 Å². The van der Waals surface area contributed by atoms with Gasteiger partial charge in [0, 0.05) is 13.1 Å². The van der Waals surface area contributed by atoms with Crippen molar-refractivity contribution in [3.63, 3.8) is 0 Å². The first-order valence-electron chi connectivity index (χ1n) is 7.39. The SMILES string of the molecule is CON1CCC2(CC1)NC(=O)C(c1cc(Br)c(F)cc1C)=C2O. The molecule has 0 radical (unpaired) electrons. The van der Waals surface area contributed by atoms with Crippen LogP contribution >= 0.6 is 15.9 Å². The van der Waals surface area contributed by atoms with Crippen molar-refractivity contribution in [2.24, 2.45) is 0 Å². The quantitative estimate of drug-likeness (QED) is 0.822. The van der Waals surface area contributed by atoms with E-state index >= 15 is 0 Å². The third-order valence-corrected chi connectivity index (χ3v) is 5.25. The summed E-state index contributed by atoms with van der Waals surface area (Å²) >= 11 is 3.14. The predicted octanol–water partition coefficient (Wildman–Crippen LogP) is 2.69. The Morgan fingerprint density at radius 2 is 2.04 bits per heavy atom. The van der Waals surface area contributed by atoms with Crippen molar-refractivity contribution in [3.05, 3.63) is 39.3 Å². The fraction of sp³-hybridized carbons (Fsp3) is 0.438. The molecule has 2 N–H and O–H groups in total. The minimum absolute atomic E-state index is 0.0415. The van der Waals surface area contributed by atoms with Crippen molar-refractivity contribution in [3.8, 4) is 0 Å². The Kier molecular flexibility index (Phi) is 4.20. The van der Waals surface area contributed by atoms with Crippen LogP contribution in [0.1, 0.15) is 24.0 Å². The lowest BCUT2D eigenvalue weighted by molar-refractivity contribution is -0.152. The van der Waals surface area contributed by atoms with Crippen LogP contribution in [0, 0.1) is 12.7 Å². The number of aryl methyl sites for hydroxylation is 1. The molecule has 2 aliphatic heterocycles. The molecule has 1 saturated heterocycles. The maximum Gasteiger partial charge on any atom is 0.256 e. The van der Waals surface area contributed by atoms with Crippen LogP contribution in [0.4, 0.5) is 4.39 Å². The number of hydroxylamine groups is 2. The molecule has 5 nitrogen and oxygen atoms in total. The molecule has 0 atom stereocenters. The molecule has 1 aromatic carbocycles. The highest BCUT2D eigenvalue weighted by molar-refractivity contribution is 9.10. The molecule has 1 spiro atoms. The molecular weight excluding hydrogens is 367 g/mol. The van der Waals surface area contributed by atoms with Gasteiger partial charge in [0.15, 0.2) is 0 Å². The Bertz CT molecular complexity index is 697. The first-order chi connectivity index (χ1) is 10.9. The average molecular weight is 385 g/mol. The molecule has 0 aliphatic carbocycles. The molecule has 1 fully saturated rings. The summed E-state index contributed by atoms with van der Waals surface area (Å²) in [5, 5.41) is 15.5. The number of nitrogens with one attached hydrogen (secondary N) is 1. The molecule has 0 saturated carbocycles. The fourth-order valence-corrected chi connectivity index (χ4v) is 3.61. The monoisotopic (exact) mass is 384 g/mol. The lowest BCUT2D eigenvalue weighted by Crippen LogP contribution is -2.52. The highest BCUT2D eigenvalue weighted by atomic mass is 79.9. The minimum atomic E-state index is -0.755. The van der Waals surface area contributed by atoms with Gasteiger partial charge in [-0.2, -0.15) is 5.06 Å². The molecule has 1 amide bonds. The first kappa shape index (κ1) is 16.4. The number of hydrogen-bond donors (Lipinski definition) is 2. The van der Waals surface area contributed by atoms with E-state index in [9.17, 15) is 14.3 Å². The number of aliphatic hydroxyl groups excluding tert-OH is 1. The minimum Gasteiger partial charge on any atom is -0.509 e. The zero-order chi connectivity index (χ0) is 16.8. The summed E-state index contributed by atoms with van der Waals surface area (Å²) in [6, 6.07) is 2.89. The van der Waals surface area contributed by atoms with Crippen molar-refractivity contribution in [1.29, 1.82) is 0 Å². The number of nitrogens with zero attached hydrogens (tertiary/aromatic N) is 1. The second-order valence-corrected chi connectivity index (χ2v) is 6.81. The van der Waals surface area contributed by atoms with Crippen molar-refractivity contribution in [2.75, 3.05) is 20.2 Å². The van der Waals surface area contributed by atoms with E-state index < -0.39 is 11.4 Å². The highest BCUT2D eigenvalue weighted by Gasteiger charge is 2.48. The van der Waals surface area contributed by atoms with Gasteiger partial charge in [0.25, 0.3) is 5.91 Å². The Morgan fingerprint density at radius 3 is 2.65 bits per heavy atom. The second-order valence-electron chi connectivity index (χ2n) is 5.95. The normalized spacial score (nSPS) is 21.1. The lowest BCUT2D eigenvalue weighted by Gasteiger charge is -2.37. The van der Waals surface area contributed by atoms with E-state index in [1.54, 1.807) is 25.2 Å². The molecule has 1 aromatic rings. The van der Waals surface area contributed by atoms with Crippen LogP contribution in [0.5, 0.6) is 0 Å². The van der Waals surface area contributed by atoms with Gasteiger partial charge >= 0.3 is 0 Å². The van der Waals surface area contributed by atoms with Crippen molar-refractivity contribution in [2.45, 2.75) is 25.3 Å². The molecule has 124 valence electrons. The number of carbonyl (C=O) groups is 1. The third-order valence-electron chi connectivity index (χ3n) is 4.64. The smallest absolute Gasteiger partial charge is 0.256 e. The lowest BCUT2D eigenvalue weighted by atomic mass is 9.86. The van der Waals surface area contributed by atoms with Gasteiger partial charge < -0.3 is 15.3 Å². The van der Waals surface area contributed by atoms with E-state index in [1.165, 1.54) is 6.07 Å². The third kappa shape index (κ3) is 2.66.